The molecule has 4 N–H and O–H groups in total. The molecule has 0 bridgehead atoms. The van der Waals surface area contributed by atoms with Gasteiger partial charge in [-0.25, -0.2) is 0 Å². The molecule has 4 aromatic carbocycles. The van der Waals surface area contributed by atoms with Gasteiger partial charge in [-0.3, -0.25) is 0 Å². The molecule has 4 rings (SSSR count). The number of benzene rings is 4. The van der Waals surface area contributed by atoms with E-state index in [0.717, 1.165) is 28.0 Å². The SMILES string of the molecule is COc1ccc(CO)cc1.OCc1ccc(O)cc1.Oc1ccccc1-c1ccccc1. The molecular formula is C27H28O5. The molecule has 5 heteroatoms. The molecule has 0 amide bonds. The Balaban J connectivity index is 0.000000174. The van der Waals surface area contributed by atoms with Gasteiger partial charge in [-0.2, -0.15) is 0 Å². The van der Waals surface area contributed by atoms with Gasteiger partial charge in [0, 0.05) is 5.56 Å². The molecule has 0 aliphatic rings. The minimum Gasteiger partial charge on any atom is -0.508 e. The van der Waals surface area contributed by atoms with Crippen LogP contribution < -0.4 is 4.74 Å². The average Bonchev–Trinajstić information content (AvgIpc) is 2.86. The molecular weight excluding hydrogens is 404 g/mol. The zero-order valence-electron chi connectivity index (χ0n) is 17.9. The summed E-state index contributed by atoms with van der Waals surface area (Å²) in [4.78, 5) is 0. The number of phenols is 2. The molecule has 0 saturated heterocycles. The Morgan fingerprint density at radius 3 is 1.59 bits per heavy atom. The molecule has 5 nitrogen and oxygen atoms in total. The molecule has 0 unspecified atom stereocenters. The summed E-state index contributed by atoms with van der Waals surface area (Å²) < 4.78 is 4.93. The number of aromatic hydroxyl groups is 2. The van der Waals surface area contributed by atoms with Crippen LogP contribution in [0.25, 0.3) is 11.1 Å². The van der Waals surface area contributed by atoms with E-state index in [9.17, 15) is 5.11 Å². The number of aliphatic hydroxyl groups excluding tert-OH is 2. The van der Waals surface area contributed by atoms with Crippen LogP contribution in [0.2, 0.25) is 0 Å². The quantitative estimate of drug-likeness (QED) is 0.359. The Morgan fingerprint density at radius 1 is 0.594 bits per heavy atom. The van der Waals surface area contributed by atoms with Gasteiger partial charge in [0.05, 0.1) is 20.3 Å². The summed E-state index contributed by atoms with van der Waals surface area (Å²) in [5.74, 6) is 1.37. The maximum atomic E-state index is 9.56. The Labute approximate surface area is 188 Å². The third-order valence-electron chi connectivity index (χ3n) is 4.45. The first-order valence-corrected chi connectivity index (χ1v) is 10.0. The summed E-state index contributed by atoms with van der Waals surface area (Å²) in [6.07, 6.45) is 0. The van der Waals surface area contributed by atoms with Crippen molar-refractivity contribution in [2.75, 3.05) is 7.11 Å². The van der Waals surface area contributed by atoms with Crippen molar-refractivity contribution in [1.82, 2.24) is 0 Å². The first-order chi connectivity index (χ1) is 15.6. The van der Waals surface area contributed by atoms with Crippen LogP contribution in [0.3, 0.4) is 0 Å². The largest absolute Gasteiger partial charge is 0.508 e. The van der Waals surface area contributed by atoms with Gasteiger partial charge in [-0.05, 0) is 47.0 Å². The number of phenolic OH excluding ortho intramolecular Hbond substituents is 2. The lowest BCUT2D eigenvalue weighted by Crippen LogP contribution is -1.84. The fourth-order valence-electron chi connectivity index (χ4n) is 2.67. The van der Waals surface area contributed by atoms with E-state index >= 15 is 0 Å². The van der Waals surface area contributed by atoms with Crippen LogP contribution in [0.1, 0.15) is 11.1 Å². The van der Waals surface area contributed by atoms with E-state index in [1.807, 2.05) is 72.8 Å². The number of aliphatic hydroxyl groups is 2. The van der Waals surface area contributed by atoms with Crippen LogP contribution in [0, 0.1) is 0 Å². The van der Waals surface area contributed by atoms with Crippen LogP contribution in [-0.4, -0.2) is 27.5 Å². The van der Waals surface area contributed by atoms with E-state index in [-0.39, 0.29) is 19.0 Å². The fraction of sp³-hybridized carbons (Fsp3) is 0.111. The van der Waals surface area contributed by atoms with Crippen LogP contribution in [0.4, 0.5) is 0 Å². The van der Waals surface area contributed by atoms with Gasteiger partial charge in [0.15, 0.2) is 0 Å². The molecule has 0 aromatic heterocycles. The zero-order chi connectivity index (χ0) is 23.2. The normalized spacial score (nSPS) is 9.59. The summed E-state index contributed by atoms with van der Waals surface area (Å²) in [7, 11) is 1.62. The van der Waals surface area contributed by atoms with Gasteiger partial charge in [0.25, 0.3) is 0 Å². The molecule has 0 aliphatic heterocycles. The predicted molar refractivity (Wildman–Crippen MR) is 126 cm³/mol. The van der Waals surface area contributed by atoms with Gasteiger partial charge in [-0.15, -0.1) is 0 Å². The number of methoxy groups -OCH3 is 1. The fourth-order valence-corrected chi connectivity index (χ4v) is 2.67. The molecule has 32 heavy (non-hydrogen) atoms. The zero-order valence-corrected chi connectivity index (χ0v) is 17.9. The maximum absolute atomic E-state index is 9.56. The predicted octanol–water partition coefficient (Wildman–Crippen LogP) is 5.13. The Hall–Kier alpha value is -3.80. The molecule has 4 aromatic rings. The number of hydrogen-bond acceptors (Lipinski definition) is 5. The van der Waals surface area contributed by atoms with E-state index in [1.165, 1.54) is 0 Å². The van der Waals surface area contributed by atoms with Gasteiger partial charge < -0.3 is 25.2 Å². The van der Waals surface area contributed by atoms with Crippen molar-refractivity contribution in [2.45, 2.75) is 13.2 Å². The molecule has 0 heterocycles. The van der Waals surface area contributed by atoms with Gasteiger partial charge >= 0.3 is 0 Å². The number of hydrogen-bond donors (Lipinski definition) is 4. The third-order valence-corrected chi connectivity index (χ3v) is 4.45. The van der Waals surface area contributed by atoms with Crippen molar-refractivity contribution in [3.05, 3.63) is 114 Å². The molecule has 0 fully saturated rings. The molecule has 0 atom stereocenters. The van der Waals surface area contributed by atoms with Crippen LogP contribution in [0.15, 0.2) is 103 Å². The first kappa shape index (κ1) is 24.5. The second-order valence-electron chi connectivity index (χ2n) is 6.71. The summed E-state index contributed by atoms with van der Waals surface area (Å²) in [5.41, 5.74) is 3.64. The Bertz CT molecular complexity index is 1010. The van der Waals surface area contributed by atoms with Crippen molar-refractivity contribution >= 4 is 0 Å². The standard InChI is InChI=1S/C12H10O.C8H10O2.C7H8O2/c13-12-9-5-4-8-11(12)10-6-2-1-3-7-10;1-10-8-4-2-7(6-9)3-5-8;8-5-6-1-3-7(9)4-2-6/h1-9,13H;2-5,9H,6H2,1H3;1-4,8-9H,5H2. The smallest absolute Gasteiger partial charge is 0.123 e. The summed E-state index contributed by atoms with van der Waals surface area (Å²) in [6, 6.07) is 30.9. The lowest BCUT2D eigenvalue weighted by molar-refractivity contribution is 0.281. The first-order valence-electron chi connectivity index (χ1n) is 10.0. The number of rotatable bonds is 4. The summed E-state index contributed by atoms with van der Waals surface area (Å²) in [6.45, 7) is 0.115. The number of para-hydroxylation sites is 1. The molecule has 0 saturated carbocycles. The van der Waals surface area contributed by atoms with E-state index in [2.05, 4.69) is 0 Å². The highest BCUT2D eigenvalue weighted by atomic mass is 16.5. The Kier molecular flexibility index (Phi) is 10.3. The van der Waals surface area contributed by atoms with E-state index < -0.39 is 0 Å². The second kappa shape index (κ2) is 13.5. The third kappa shape index (κ3) is 8.14. The molecule has 0 spiro atoms. The second-order valence-corrected chi connectivity index (χ2v) is 6.71. The molecule has 0 aliphatic carbocycles. The van der Waals surface area contributed by atoms with Crippen molar-refractivity contribution in [3.63, 3.8) is 0 Å². The van der Waals surface area contributed by atoms with Crippen molar-refractivity contribution < 1.29 is 25.2 Å². The van der Waals surface area contributed by atoms with Crippen molar-refractivity contribution in [3.8, 4) is 28.4 Å². The van der Waals surface area contributed by atoms with E-state index in [1.54, 1.807) is 37.4 Å². The van der Waals surface area contributed by atoms with Gasteiger partial charge in [0.1, 0.15) is 17.2 Å². The number of ether oxygens (including phenoxy) is 1. The average molecular weight is 433 g/mol. The lowest BCUT2D eigenvalue weighted by atomic mass is 10.1. The Morgan fingerprint density at radius 2 is 1.09 bits per heavy atom. The van der Waals surface area contributed by atoms with Gasteiger partial charge in [-0.1, -0.05) is 72.8 Å². The minimum atomic E-state index is 0.0281. The highest BCUT2D eigenvalue weighted by Crippen LogP contribution is 2.27. The topological polar surface area (TPSA) is 90.2 Å². The van der Waals surface area contributed by atoms with Crippen molar-refractivity contribution in [2.24, 2.45) is 0 Å². The van der Waals surface area contributed by atoms with Crippen LogP contribution in [-0.2, 0) is 13.2 Å². The van der Waals surface area contributed by atoms with Crippen LogP contribution in [0.5, 0.6) is 17.2 Å². The lowest BCUT2D eigenvalue weighted by Gasteiger charge is -2.02. The monoisotopic (exact) mass is 432 g/mol. The van der Waals surface area contributed by atoms with Gasteiger partial charge in [0.2, 0.25) is 0 Å². The van der Waals surface area contributed by atoms with Crippen molar-refractivity contribution in [1.29, 1.82) is 0 Å². The highest BCUT2D eigenvalue weighted by Gasteiger charge is 2.00. The minimum absolute atomic E-state index is 0.0281. The summed E-state index contributed by atoms with van der Waals surface area (Å²) in [5, 5.41) is 35.5. The van der Waals surface area contributed by atoms with Crippen LogP contribution >= 0.6 is 0 Å². The summed E-state index contributed by atoms with van der Waals surface area (Å²) >= 11 is 0. The van der Waals surface area contributed by atoms with E-state index in [4.69, 9.17) is 20.1 Å². The molecule has 0 radical (unpaired) electrons. The maximum Gasteiger partial charge on any atom is 0.123 e. The highest BCUT2D eigenvalue weighted by molar-refractivity contribution is 5.69. The molecule has 166 valence electrons. The van der Waals surface area contributed by atoms with E-state index in [0.29, 0.717) is 5.75 Å².